The standard InChI is InChI=1S/C13H16ClNO2/c14-11-5-3-9(4-6-11)8-10-2-1-7-13(10,15)12(16)17/h3-6,10H,1-2,7-8,15H2,(H,16,17). The summed E-state index contributed by atoms with van der Waals surface area (Å²) in [7, 11) is 0. The fourth-order valence-corrected chi connectivity index (χ4v) is 2.70. The quantitative estimate of drug-likeness (QED) is 0.870. The highest BCUT2D eigenvalue weighted by Crippen LogP contribution is 2.36. The lowest BCUT2D eigenvalue weighted by Gasteiger charge is -2.26. The van der Waals surface area contributed by atoms with E-state index in [4.69, 9.17) is 17.3 Å². The number of carboxylic acids is 1. The summed E-state index contributed by atoms with van der Waals surface area (Å²) in [6.45, 7) is 0. The van der Waals surface area contributed by atoms with Crippen LogP contribution in [-0.2, 0) is 11.2 Å². The van der Waals surface area contributed by atoms with E-state index in [0.717, 1.165) is 18.4 Å². The second kappa shape index (κ2) is 4.67. The van der Waals surface area contributed by atoms with Crippen LogP contribution in [0.3, 0.4) is 0 Å². The number of aliphatic carboxylic acids is 1. The molecule has 1 aromatic rings. The van der Waals surface area contributed by atoms with Gasteiger partial charge in [-0.3, -0.25) is 4.79 Å². The van der Waals surface area contributed by atoms with Crippen molar-refractivity contribution >= 4 is 17.6 Å². The Morgan fingerprint density at radius 3 is 2.71 bits per heavy atom. The van der Waals surface area contributed by atoms with Crippen LogP contribution in [0.4, 0.5) is 0 Å². The molecule has 2 rings (SSSR count). The van der Waals surface area contributed by atoms with Crippen LogP contribution in [0.1, 0.15) is 24.8 Å². The average Bonchev–Trinajstić information content (AvgIpc) is 2.65. The molecule has 0 amide bonds. The van der Waals surface area contributed by atoms with Gasteiger partial charge in [0, 0.05) is 5.02 Å². The van der Waals surface area contributed by atoms with Gasteiger partial charge in [-0.2, -0.15) is 0 Å². The largest absolute Gasteiger partial charge is 0.480 e. The van der Waals surface area contributed by atoms with Gasteiger partial charge in [0.15, 0.2) is 0 Å². The fraction of sp³-hybridized carbons (Fsp3) is 0.462. The second-order valence-corrected chi connectivity index (χ2v) is 5.20. The topological polar surface area (TPSA) is 63.3 Å². The fourth-order valence-electron chi connectivity index (χ4n) is 2.57. The monoisotopic (exact) mass is 253 g/mol. The first kappa shape index (κ1) is 12.4. The highest BCUT2D eigenvalue weighted by atomic mass is 35.5. The first-order valence-corrected chi connectivity index (χ1v) is 6.17. The summed E-state index contributed by atoms with van der Waals surface area (Å²) in [6.07, 6.45) is 3.05. The molecule has 3 nitrogen and oxygen atoms in total. The molecule has 17 heavy (non-hydrogen) atoms. The minimum Gasteiger partial charge on any atom is -0.480 e. The van der Waals surface area contributed by atoms with Crippen LogP contribution in [0, 0.1) is 5.92 Å². The van der Waals surface area contributed by atoms with Crippen LogP contribution in [0.15, 0.2) is 24.3 Å². The lowest BCUT2D eigenvalue weighted by molar-refractivity contribution is -0.144. The van der Waals surface area contributed by atoms with E-state index in [1.807, 2.05) is 24.3 Å². The molecular formula is C13H16ClNO2. The third-order valence-electron chi connectivity index (χ3n) is 3.67. The van der Waals surface area contributed by atoms with Crippen molar-refractivity contribution < 1.29 is 9.90 Å². The summed E-state index contributed by atoms with van der Waals surface area (Å²) in [6, 6.07) is 7.52. The molecule has 92 valence electrons. The molecular weight excluding hydrogens is 238 g/mol. The van der Waals surface area contributed by atoms with Gasteiger partial charge in [0.1, 0.15) is 5.54 Å². The average molecular weight is 254 g/mol. The Kier molecular flexibility index (Phi) is 3.40. The molecule has 1 aliphatic carbocycles. The van der Waals surface area contributed by atoms with E-state index >= 15 is 0 Å². The van der Waals surface area contributed by atoms with Crippen LogP contribution >= 0.6 is 11.6 Å². The predicted octanol–water partition coefficient (Wildman–Crippen LogP) is 2.46. The Bertz CT molecular complexity index is 418. The zero-order valence-corrected chi connectivity index (χ0v) is 10.3. The third kappa shape index (κ3) is 2.45. The molecule has 1 saturated carbocycles. The Labute approximate surface area is 106 Å². The van der Waals surface area contributed by atoms with E-state index < -0.39 is 11.5 Å². The van der Waals surface area contributed by atoms with E-state index in [1.165, 1.54) is 0 Å². The molecule has 4 heteroatoms. The summed E-state index contributed by atoms with van der Waals surface area (Å²) < 4.78 is 0. The zero-order valence-electron chi connectivity index (χ0n) is 9.53. The van der Waals surface area contributed by atoms with Gasteiger partial charge in [-0.25, -0.2) is 0 Å². The molecule has 0 saturated heterocycles. The van der Waals surface area contributed by atoms with E-state index in [2.05, 4.69) is 0 Å². The summed E-state index contributed by atoms with van der Waals surface area (Å²) >= 11 is 5.82. The maximum atomic E-state index is 11.2. The molecule has 0 heterocycles. The van der Waals surface area contributed by atoms with Crippen LogP contribution in [0.5, 0.6) is 0 Å². The van der Waals surface area contributed by atoms with Crippen molar-refractivity contribution in [1.29, 1.82) is 0 Å². The number of hydrogen-bond donors (Lipinski definition) is 2. The van der Waals surface area contributed by atoms with Gasteiger partial charge >= 0.3 is 5.97 Å². The number of rotatable bonds is 3. The van der Waals surface area contributed by atoms with E-state index in [0.29, 0.717) is 17.9 Å². The van der Waals surface area contributed by atoms with Gasteiger partial charge in [-0.1, -0.05) is 30.2 Å². The van der Waals surface area contributed by atoms with Crippen molar-refractivity contribution in [3.05, 3.63) is 34.9 Å². The number of benzene rings is 1. The smallest absolute Gasteiger partial charge is 0.323 e. The number of hydrogen-bond acceptors (Lipinski definition) is 2. The Morgan fingerprint density at radius 2 is 2.12 bits per heavy atom. The molecule has 3 N–H and O–H groups in total. The highest BCUT2D eigenvalue weighted by Gasteiger charge is 2.45. The van der Waals surface area contributed by atoms with Gasteiger partial charge in [-0.15, -0.1) is 0 Å². The summed E-state index contributed by atoms with van der Waals surface area (Å²) in [5.74, 6) is -0.866. The minimum absolute atomic E-state index is 0.0150. The van der Waals surface area contributed by atoms with Crippen molar-refractivity contribution in [2.45, 2.75) is 31.2 Å². The van der Waals surface area contributed by atoms with Gasteiger partial charge in [-0.05, 0) is 42.9 Å². The summed E-state index contributed by atoms with van der Waals surface area (Å²) in [5, 5.41) is 9.91. The molecule has 2 unspecified atom stereocenters. The molecule has 0 spiro atoms. The minimum atomic E-state index is -1.06. The highest BCUT2D eigenvalue weighted by molar-refractivity contribution is 6.30. The first-order valence-electron chi connectivity index (χ1n) is 5.79. The Hall–Kier alpha value is -1.06. The van der Waals surface area contributed by atoms with Gasteiger partial charge in [0.05, 0.1) is 0 Å². The van der Waals surface area contributed by atoms with Crippen LogP contribution in [0.2, 0.25) is 5.02 Å². The second-order valence-electron chi connectivity index (χ2n) is 4.77. The van der Waals surface area contributed by atoms with Crippen molar-refractivity contribution in [3.63, 3.8) is 0 Å². The predicted molar refractivity (Wildman–Crippen MR) is 67.1 cm³/mol. The normalized spacial score (nSPS) is 28.2. The van der Waals surface area contributed by atoms with Crippen LogP contribution in [-0.4, -0.2) is 16.6 Å². The zero-order chi connectivity index (χ0) is 12.5. The van der Waals surface area contributed by atoms with Crippen LogP contribution < -0.4 is 5.73 Å². The van der Waals surface area contributed by atoms with Gasteiger partial charge < -0.3 is 10.8 Å². The first-order chi connectivity index (χ1) is 8.02. The molecule has 1 aromatic carbocycles. The SMILES string of the molecule is NC1(C(=O)O)CCCC1Cc1ccc(Cl)cc1. The number of halogens is 1. The van der Waals surface area contributed by atoms with E-state index in [1.54, 1.807) is 0 Å². The maximum absolute atomic E-state index is 11.2. The van der Waals surface area contributed by atoms with E-state index in [-0.39, 0.29) is 5.92 Å². The van der Waals surface area contributed by atoms with Gasteiger partial charge in [0.2, 0.25) is 0 Å². The molecule has 0 aliphatic heterocycles. The molecule has 1 fully saturated rings. The van der Waals surface area contributed by atoms with Gasteiger partial charge in [0.25, 0.3) is 0 Å². The number of carboxylic acid groups (broad SMARTS) is 1. The lowest BCUT2D eigenvalue weighted by atomic mass is 9.83. The lowest BCUT2D eigenvalue weighted by Crippen LogP contribution is -2.51. The van der Waals surface area contributed by atoms with Crippen molar-refractivity contribution in [2.75, 3.05) is 0 Å². The maximum Gasteiger partial charge on any atom is 0.323 e. The van der Waals surface area contributed by atoms with Crippen LogP contribution in [0.25, 0.3) is 0 Å². The molecule has 1 aliphatic rings. The third-order valence-corrected chi connectivity index (χ3v) is 3.92. The Balaban J connectivity index is 2.13. The Morgan fingerprint density at radius 1 is 1.47 bits per heavy atom. The molecule has 0 radical (unpaired) electrons. The summed E-state index contributed by atoms with van der Waals surface area (Å²) in [5.41, 5.74) is 6.04. The molecule has 2 atom stereocenters. The van der Waals surface area contributed by atoms with Crippen molar-refractivity contribution in [2.24, 2.45) is 11.7 Å². The number of nitrogens with two attached hydrogens (primary N) is 1. The molecule has 0 bridgehead atoms. The summed E-state index contributed by atoms with van der Waals surface area (Å²) in [4.78, 5) is 11.2. The van der Waals surface area contributed by atoms with E-state index in [9.17, 15) is 9.90 Å². The van der Waals surface area contributed by atoms with Crippen molar-refractivity contribution in [1.82, 2.24) is 0 Å². The number of carbonyl (C=O) groups is 1. The molecule has 0 aromatic heterocycles. The van der Waals surface area contributed by atoms with Crippen molar-refractivity contribution in [3.8, 4) is 0 Å².